The molecule has 0 unspecified atom stereocenters. The smallest absolute Gasteiger partial charge is 0.294 e. The first-order valence-electron chi connectivity index (χ1n) is 9.47. The maximum atomic E-state index is 13.5. The Morgan fingerprint density at radius 3 is 2.57 bits per heavy atom. The van der Waals surface area contributed by atoms with Crippen molar-refractivity contribution in [2.24, 2.45) is 0 Å². The van der Waals surface area contributed by atoms with E-state index >= 15 is 0 Å². The largest absolute Gasteiger partial charge is 0.449 e. The van der Waals surface area contributed by atoms with Crippen molar-refractivity contribution in [3.05, 3.63) is 102 Å². The van der Waals surface area contributed by atoms with E-state index in [1.807, 2.05) is 30.3 Å². The van der Waals surface area contributed by atoms with Gasteiger partial charge in [0.05, 0.1) is 5.69 Å². The molecule has 0 aromatic heterocycles. The Labute approximate surface area is 173 Å². The molecule has 3 aromatic carbocycles. The van der Waals surface area contributed by atoms with Crippen LogP contribution in [0.15, 0.2) is 84.6 Å². The van der Waals surface area contributed by atoms with E-state index in [0.29, 0.717) is 23.5 Å². The number of amides is 2. The van der Waals surface area contributed by atoms with E-state index in [9.17, 15) is 14.0 Å². The summed E-state index contributed by atoms with van der Waals surface area (Å²) < 4.78 is 19.3. The van der Waals surface area contributed by atoms with Crippen LogP contribution in [0.2, 0.25) is 0 Å². The van der Waals surface area contributed by atoms with Gasteiger partial charge in [-0.25, -0.2) is 4.39 Å². The minimum atomic E-state index is -0.465. The van der Waals surface area contributed by atoms with Gasteiger partial charge in [-0.2, -0.15) is 0 Å². The van der Waals surface area contributed by atoms with Gasteiger partial charge >= 0.3 is 0 Å². The van der Waals surface area contributed by atoms with Gasteiger partial charge in [0.15, 0.2) is 11.5 Å². The number of hydrogen-bond donors (Lipinski definition) is 1. The molecule has 0 saturated heterocycles. The van der Waals surface area contributed by atoms with Crippen molar-refractivity contribution in [2.75, 3.05) is 11.4 Å². The number of anilines is 1. The quantitative estimate of drug-likeness (QED) is 0.659. The SMILES string of the molecule is O=C(CN1C(=O)C(=Cc2cccc(F)c2)Oc2ccccc21)NCc1ccccc1. The predicted molar refractivity (Wildman–Crippen MR) is 112 cm³/mol. The zero-order chi connectivity index (χ0) is 20.9. The first-order chi connectivity index (χ1) is 14.6. The molecular formula is C24H19FN2O3. The van der Waals surface area contributed by atoms with Crippen molar-refractivity contribution in [3.63, 3.8) is 0 Å². The van der Waals surface area contributed by atoms with Crippen LogP contribution in [0.25, 0.3) is 6.08 Å². The molecule has 0 radical (unpaired) electrons. The van der Waals surface area contributed by atoms with Crippen LogP contribution in [0.5, 0.6) is 5.75 Å². The number of nitrogens with zero attached hydrogens (tertiary/aromatic N) is 1. The standard InChI is InChI=1S/C24H19FN2O3/c25-19-10-6-9-18(13-19)14-22-24(29)27(20-11-4-5-12-21(20)30-22)16-23(28)26-15-17-7-2-1-3-8-17/h1-14H,15-16H2,(H,26,28). The first kappa shape index (κ1) is 19.4. The molecular weight excluding hydrogens is 383 g/mol. The Morgan fingerprint density at radius 2 is 1.77 bits per heavy atom. The average Bonchev–Trinajstić information content (AvgIpc) is 2.76. The minimum Gasteiger partial charge on any atom is -0.449 e. The van der Waals surface area contributed by atoms with Crippen molar-refractivity contribution >= 4 is 23.6 Å². The molecule has 3 aromatic rings. The predicted octanol–water partition coefficient (Wildman–Crippen LogP) is 3.91. The maximum absolute atomic E-state index is 13.5. The van der Waals surface area contributed by atoms with E-state index in [1.54, 1.807) is 36.4 Å². The molecule has 0 spiro atoms. The van der Waals surface area contributed by atoms with Crippen LogP contribution < -0.4 is 15.0 Å². The van der Waals surface area contributed by atoms with Crippen LogP contribution in [0.3, 0.4) is 0 Å². The third kappa shape index (κ3) is 4.38. The number of benzene rings is 3. The van der Waals surface area contributed by atoms with Crippen LogP contribution in [0.4, 0.5) is 10.1 Å². The molecule has 1 heterocycles. The summed E-state index contributed by atoms with van der Waals surface area (Å²) >= 11 is 0. The van der Waals surface area contributed by atoms with Crippen molar-refractivity contribution in [3.8, 4) is 5.75 Å². The maximum Gasteiger partial charge on any atom is 0.294 e. The molecule has 30 heavy (non-hydrogen) atoms. The van der Waals surface area contributed by atoms with Crippen LogP contribution in [0, 0.1) is 5.82 Å². The van der Waals surface area contributed by atoms with Gasteiger partial charge in [-0.1, -0.05) is 54.6 Å². The second-order valence-corrected chi connectivity index (χ2v) is 6.79. The summed E-state index contributed by atoms with van der Waals surface area (Å²) in [5.41, 5.74) is 1.96. The molecule has 4 rings (SSSR count). The summed E-state index contributed by atoms with van der Waals surface area (Å²) in [6.07, 6.45) is 1.47. The second kappa shape index (κ2) is 8.61. The topological polar surface area (TPSA) is 58.6 Å². The van der Waals surface area contributed by atoms with Gasteiger partial charge in [0.1, 0.15) is 12.4 Å². The Hall–Kier alpha value is -3.93. The molecule has 0 fully saturated rings. The fraction of sp³-hybridized carbons (Fsp3) is 0.0833. The molecule has 1 aliphatic heterocycles. The summed E-state index contributed by atoms with van der Waals surface area (Å²) in [5, 5.41) is 2.83. The van der Waals surface area contributed by atoms with Gasteiger partial charge in [-0.05, 0) is 41.5 Å². The Morgan fingerprint density at radius 1 is 1.00 bits per heavy atom. The number of nitrogens with one attached hydrogen (secondary N) is 1. The number of para-hydroxylation sites is 2. The second-order valence-electron chi connectivity index (χ2n) is 6.79. The van der Waals surface area contributed by atoms with Crippen LogP contribution in [-0.4, -0.2) is 18.4 Å². The molecule has 0 aliphatic carbocycles. The molecule has 0 saturated carbocycles. The summed E-state index contributed by atoms with van der Waals surface area (Å²) in [4.78, 5) is 26.9. The van der Waals surface area contributed by atoms with E-state index in [0.717, 1.165) is 5.56 Å². The molecule has 6 heteroatoms. The van der Waals surface area contributed by atoms with Gasteiger partial charge in [0, 0.05) is 6.54 Å². The van der Waals surface area contributed by atoms with Crippen molar-refractivity contribution in [1.29, 1.82) is 0 Å². The highest BCUT2D eigenvalue weighted by molar-refractivity contribution is 6.12. The molecule has 2 amide bonds. The number of carbonyl (C=O) groups is 2. The Bertz CT molecular complexity index is 1110. The van der Waals surface area contributed by atoms with Crippen molar-refractivity contribution in [2.45, 2.75) is 6.54 Å². The van der Waals surface area contributed by atoms with E-state index in [2.05, 4.69) is 5.32 Å². The van der Waals surface area contributed by atoms with Gasteiger partial charge in [0.25, 0.3) is 5.91 Å². The van der Waals surface area contributed by atoms with E-state index in [1.165, 1.54) is 23.1 Å². The highest BCUT2D eigenvalue weighted by Crippen LogP contribution is 2.35. The van der Waals surface area contributed by atoms with E-state index in [4.69, 9.17) is 4.74 Å². The van der Waals surface area contributed by atoms with Gasteiger partial charge < -0.3 is 10.1 Å². The van der Waals surface area contributed by atoms with Crippen LogP contribution in [0.1, 0.15) is 11.1 Å². The van der Waals surface area contributed by atoms with Gasteiger partial charge in [-0.15, -0.1) is 0 Å². The number of carbonyl (C=O) groups excluding carboxylic acids is 2. The highest BCUT2D eigenvalue weighted by atomic mass is 19.1. The number of ether oxygens (including phenoxy) is 1. The molecule has 5 nitrogen and oxygen atoms in total. The van der Waals surface area contributed by atoms with Gasteiger partial charge in [-0.3, -0.25) is 14.5 Å². The lowest BCUT2D eigenvalue weighted by Gasteiger charge is -2.30. The first-order valence-corrected chi connectivity index (χ1v) is 9.47. The lowest BCUT2D eigenvalue weighted by molar-refractivity contribution is -0.123. The molecule has 1 aliphatic rings. The van der Waals surface area contributed by atoms with E-state index in [-0.39, 0.29) is 18.2 Å². The number of halogens is 1. The summed E-state index contributed by atoms with van der Waals surface area (Å²) in [6.45, 7) is 0.207. The zero-order valence-corrected chi connectivity index (χ0v) is 16.0. The summed E-state index contributed by atoms with van der Waals surface area (Å²) in [5.74, 6) is -0.697. The third-order valence-corrected chi connectivity index (χ3v) is 4.61. The van der Waals surface area contributed by atoms with Crippen LogP contribution in [-0.2, 0) is 16.1 Å². The average molecular weight is 402 g/mol. The third-order valence-electron chi connectivity index (χ3n) is 4.61. The number of hydrogen-bond acceptors (Lipinski definition) is 3. The van der Waals surface area contributed by atoms with Gasteiger partial charge in [0.2, 0.25) is 5.91 Å². The fourth-order valence-electron chi connectivity index (χ4n) is 3.16. The fourth-order valence-corrected chi connectivity index (χ4v) is 3.16. The lowest BCUT2D eigenvalue weighted by Crippen LogP contribution is -2.44. The number of fused-ring (bicyclic) bond motifs is 1. The molecule has 1 N–H and O–H groups in total. The Kier molecular flexibility index (Phi) is 5.57. The summed E-state index contributed by atoms with van der Waals surface area (Å²) in [6, 6.07) is 22.4. The van der Waals surface area contributed by atoms with Crippen molar-refractivity contribution < 1.29 is 18.7 Å². The normalized spacial score (nSPS) is 14.2. The molecule has 0 atom stereocenters. The number of rotatable bonds is 5. The highest BCUT2D eigenvalue weighted by Gasteiger charge is 2.31. The summed E-state index contributed by atoms with van der Waals surface area (Å²) in [7, 11) is 0. The lowest BCUT2D eigenvalue weighted by atomic mass is 10.1. The molecule has 0 bridgehead atoms. The monoisotopic (exact) mass is 402 g/mol. The van der Waals surface area contributed by atoms with Crippen molar-refractivity contribution in [1.82, 2.24) is 5.32 Å². The van der Waals surface area contributed by atoms with Crippen LogP contribution >= 0.6 is 0 Å². The minimum absolute atomic E-state index is 0.0233. The Balaban J connectivity index is 1.56. The van der Waals surface area contributed by atoms with E-state index < -0.39 is 11.7 Å². The zero-order valence-electron chi connectivity index (χ0n) is 16.0. The molecule has 150 valence electrons.